The normalized spacial score (nSPS) is 15.9. The number of halogens is 3. The number of carbonyl (C=O) groups is 1. The largest absolute Gasteiger partial charge is 0.322 e. The molecule has 32 heavy (non-hydrogen) atoms. The summed E-state index contributed by atoms with van der Waals surface area (Å²) in [6.45, 7) is 2.16. The summed E-state index contributed by atoms with van der Waals surface area (Å²) in [5.41, 5.74) is 1.19. The van der Waals surface area contributed by atoms with Crippen LogP contribution in [0.25, 0.3) is 0 Å². The minimum absolute atomic E-state index is 0.0326. The standard InChI is InChI=1S/C23H19ClF2N2O3S/c1-14-11-15-5-8-17(27-23(29)22-19(24)3-2-4-20(22)26)12-21(15)28(13-14)32(30,31)18-9-6-16(25)7-10-18/h2-10,12,14H,11,13H2,1H3,(H,27,29). The van der Waals surface area contributed by atoms with Crippen LogP contribution < -0.4 is 9.62 Å². The van der Waals surface area contributed by atoms with Crippen molar-refractivity contribution in [3.05, 3.63) is 88.4 Å². The van der Waals surface area contributed by atoms with E-state index in [1.54, 1.807) is 12.1 Å². The maximum absolute atomic E-state index is 14.1. The van der Waals surface area contributed by atoms with E-state index in [9.17, 15) is 22.0 Å². The van der Waals surface area contributed by atoms with Crippen molar-refractivity contribution < 1.29 is 22.0 Å². The summed E-state index contributed by atoms with van der Waals surface area (Å²) < 4.78 is 55.3. The van der Waals surface area contributed by atoms with Gasteiger partial charge in [-0.3, -0.25) is 9.10 Å². The predicted octanol–water partition coefficient (Wildman–Crippen LogP) is 5.26. The molecule has 1 unspecified atom stereocenters. The van der Waals surface area contributed by atoms with Crippen molar-refractivity contribution in [2.75, 3.05) is 16.2 Å². The number of hydrogen-bond donors (Lipinski definition) is 1. The van der Waals surface area contributed by atoms with Gasteiger partial charge in [0.05, 0.1) is 21.2 Å². The Morgan fingerprint density at radius 3 is 2.50 bits per heavy atom. The molecule has 1 heterocycles. The summed E-state index contributed by atoms with van der Waals surface area (Å²) in [7, 11) is -3.96. The molecular formula is C23H19ClF2N2O3S. The lowest BCUT2D eigenvalue weighted by atomic mass is 9.95. The van der Waals surface area contributed by atoms with Crippen LogP contribution >= 0.6 is 11.6 Å². The monoisotopic (exact) mass is 476 g/mol. The summed E-state index contributed by atoms with van der Waals surface area (Å²) in [4.78, 5) is 12.6. The predicted molar refractivity (Wildman–Crippen MR) is 120 cm³/mol. The molecule has 0 aromatic heterocycles. The number of nitrogens with zero attached hydrogens (tertiary/aromatic N) is 1. The smallest absolute Gasteiger partial charge is 0.264 e. The fraction of sp³-hybridized carbons (Fsp3) is 0.174. The molecule has 3 aromatic carbocycles. The number of amides is 1. The number of hydrogen-bond acceptors (Lipinski definition) is 3. The van der Waals surface area contributed by atoms with Gasteiger partial charge in [-0.15, -0.1) is 0 Å². The van der Waals surface area contributed by atoms with E-state index in [1.165, 1.54) is 34.6 Å². The lowest BCUT2D eigenvalue weighted by molar-refractivity contribution is 0.102. The summed E-state index contributed by atoms with van der Waals surface area (Å²) in [5, 5.41) is 2.55. The minimum atomic E-state index is -3.96. The van der Waals surface area contributed by atoms with Crippen LogP contribution in [0.1, 0.15) is 22.8 Å². The van der Waals surface area contributed by atoms with Crippen molar-refractivity contribution in [1.82, 2.24) is 0 Å². The summed E-state index contributed by atoms with van der Waals surface area (Å²) in [5.74, 6) is -1.99. The molecule has 0 saturated heterocycles. The van der Waals surface area contributed by atoms with E-state index < -0.39 is 27.6 Å². The van der Waals surface area contributed by atoms with E-state index in [-0.39, 0.29) is 27.9 Å². The van der Waals surface area contributed by atoms with Gasteiger partial charge in [0.2, 0.25) is 0 Å². The molecule has 1 aliphatic rings. The van der Waals surface area contributed by atoms with Crippen molar-refractivity contribution in [1.29, 1.82) is 0 Å². The molecule has 0 fully saturated rings. The van der Waals surface area contributed by atoms with Gasteiger partial charge in [-0.05, 0) is 66.4 Å². The summed E-state index contributed by atoms with van der Waals surface area (Å²) >= 11 is 5.97. The van der Waals surface area contributed by atoms with Gasteiger partial charge < -0.3 is 5.32 Å². The first kappa shape index (κ1) is 22.2. The van der Waals surface area contributed by atoms with Crippen LogP contribution in [0, 0.1) is 17.6 Å². The molecule has 0 spiro atoms. The van der Waals surface area contributed by atoms with Gasteiger partial charge in [-0.25, -0.2) is 17.2 Å². The molecule has 1 atom stereocenters. The molecule has 0 saturated carbocycles. The third kappa shape index (κ3) is 4.20. The van der Waals surface area contributed by atoms with Crippen molar-refractivity contribution in [2.24, 2.45) is 5.92 Å². The van der Waals surface area contributed by atoms with Crippen LogP contribution in [0.4, 0.5) is 20.2 Å². The highest BCUT2D eigenvalue weighted by molar-refractivity contribution is 7.92. The zero-order valence-corrected chi connectivity index (χ0v) is 18.6. The molecular weight excluding hydrogens is 458 g/mol. The second-order valence-electron chi connectivity index (χ2n) is 7.69. The molecule has 1 amide bonds. The Morgan fingerprint density at radius 2 is 1.81 bits per heavy atom. The van der Waals surface area contributed by atoms with Crippen LogP contribution in [-0.4, -0.2) is 20.9 Å². The van der Waals surface area contributed by atoms with Gasteiger partial charge in [-0.2, -0.15) is 0 Å². The van der Waals surface area contributed by atoms with Crippen LogP contribution in [0.3, 0.4) is 0 Å². The van der Waals surface area contributed by atoms with Crippen molar-refractivity contribution >= 4 is 38.9 Å². The molecule has 166 valence electrons. The van der Waals surface area contributed by atoms with E-state index in [4.69, 9.17) is 11.6 Å². The third-order valence-corrected chi connectivity index (χ3v) is 7.36. The summed E-state index contributed by atoms with van der Waals surface area (Å²) in [6.07, 6.45) is 0.651. The zero-order valence-electron chi connectivity index (χ0n) is 17.0. The van der Waals surface area contributed by atoms with Crippen LogP contribution in [0.2, 0.25) is 5.02 Å². The van der Waals surface area contributed by atoms with Gasteiger partial charge in [0.25, 0.3) is 15.9 Å². The van der Waals surface area contributed by atoms with Gasteiger partial charge >= 0.3 is 0 Å². The van der Waals surface area contributed by atoms with Crippen LogP contribution in [-0.2, 0) is 16.4 Å². The van der Waals surface area contributed by atoms with Gasteiger partial charge in [-0.1, -0.05) is 30.7 Å². The van der Waals surface area contributed by atoms with E-state index in [2.05, 4.69) is 5.32 Å². The lowest BCUT2D eigenvalue weighted by Gasteiger charge is -2.34. The average molecular weight is 477 g/mol. The Hall–Kier alpha value is -2.97. The Morgan fingerprint density at radius 1 is 1.09 bits per heavy atom. The van der Waals surface area contributed by atoms with Crippen molar-refractivity contribution in [2.45, 2.75) is 18.2 Å². The average Bonchev–Trinajstić information content (AvgIpc) is 2.73. The van der Waals surface area contributed by atoms with E-state index in [0.717, 1.165) is 23.8 Å². The molecule has 1 aliphatic heterocycles. The number of fused-ring (bicyclic) bond motifs is 1. The maximum Gasteiger partial charge on any atom is 0.264 e. The molecule has 4 rings (SSSR count). The Bertz CT molecular complexity index is 1280. The SMILES string of the molecule is CC1Cc2ccc(NC(=O)c3c(F)cccc3Cl)cc2N(S(=O)(=O)c2ccc(F)cc2)C1. The maximum atomic E-state index is 14.1. The fourth-order valence-corrected chi connectivity index (χ4v) is 5.60. The number of carbonyl (C=O) groups excluding carboxylic acids is 1. The van der Waals surface area contributed by atoms with E-state index in [0.29, 0.717) is 17.8 Å². The molecule has 0 aliphatic carbocycles. The molecule has 1 N–H and O–H groups in total. The van der Waals surface area contributed by atoms with Crippen LogP contribution in [0.5, 0.6) is 0 Å². The Balaban J connectivity index is 1.71. The minimum Gasteiger partial charge on any atom is -0.322 e. The quantitative estimate of drug-likeness (QED) is 0.558. The van der Waals surface area contributed by atoms with Gasteiger partial charge in [0.15, 0.2) is 0 Å². The number of benzene rings is 3. The molecule has 0 radical (unpaired) electrons. The number of nitrogens with one attached hydrogen (secondary N) is 1. The first-order chi connectivity index (χ1) is 15.2. The molecule has 5 nitrogen and oxygen atoms in total. The second kappa shape index (κ2) is 8.52. The highest BCUT2D eigenvalue weighted by atomic mass is 35.5. The van der Waals surface area contributed by atoms with Crippen molar-refractivity contribution in [3.8, 4) is 0 Å². The van der Waals surface area contributed by atoms with E-state index >= 15 is 0 Å². The molecule has 3 aromatic rings. The Labute approximate surface area is 189 Å². The fourth-order valence-electron chi connectivity index (χ4n) is 3.74. The van der Waals surface area contributed by atoms with Crippen LogP contribution in [0.15, 0.2) is 65.6 Å². The molecule has 9 heteroatoms. The third-order valence-electron chi connectivity index (χ3n) is 5.25. The van der Waals surface area contributed by atoms with Crippen molar-refractivity contribution in [3.63, 3.8) is 0 Å². The number of anilines is 2. The first-order valence-corrected chi connectivity index (χ1v) is 11.6. The number of sulfonamides is 1. The molecule has 0 bridgehead atoms. The topological polar surface area (TPSA) is 66.5 Å². The Kier molecular flexibility index (Phi) is 5.92. The lowest BCUT2D eigenvalue weighted by Crippen LogP contribution is -2.39. The highest BCUT2D eigenvalue weighted by Crippen LogP contribution is 2.36. The first-order valence-electron chi connectivity index (χ1n) is 9.83. The second-order valence-corrected chi connectivity index (χ2v) is 9.96. The zero-order chi connectivity index (χ0) is 23.0. The highest BCUT2D eigenvalue weighted by Gasteiger charge is 2.32. The van der Waals surface area contributed by atoms with Gasteiger partial charge in [0.1, 0.15) is 11.6 Å². The summed E-state index contributed by atoms with van der Waals surface area (Å²) in [6, 6.07) is 13.5. The van der Waals surface area contributed by atoms with Gasteiger partial charge in [0, 0.05) is 12.2 Å². The number of rotatable bonds is 4. The van der Waals surface area contributed by atoms with E-state index in [1.807, 2.05) is 6.92 Å².